The standard InChI is InChI=1S/C24H23NO6S/c1-17(31-24(27)21-10-6-7-11-22(21)32(2,28)29)23(26)25-19-12-14-20(15-13-19)30-16-18-8-4-3-5-9-18/h3-15,17H,16H2,1-2H3,(H,25,26)/t17-/m0/s1. The van der Waals surface area contributed by atoms with Crippen molar-refractivity contribution in [2.75, 3.05) is 11.6 Å². The lowest BCUT2D eigenvalue weighted by Gasteiger charge is -2.15. The van der Waals surface area contributed by atoms with Gasteiger partial charge < -0.3 is 14.8 Å². The summed E-state index contributed by atoms with van der Waals surface area (Å²) in [6.45, 7) is 1.84. The lowest BCUT2D eigenvalue weighted by atomic mass is 10.2. The summed E-state index contributed by atoms with van der Waals surface area (Å²) >= 11 is 0. The van der Waals surface area contributed by atoms with Crippen LogP contribution in [0.1, 0.15) is 22.8 Å². The van der Waals surface area contributed by atoms with Crippen LogP contribution in [0.2, 0.25) is 0 Å². The van der Waals surface area contributed by atoms with Crippen LogP contribution in [-0.4, -0.2) is 32.7 Å². The quantitative estimate of drug-likeness (QED) is 0.520. The summed E-state index contributed by atoms with van der Waals surface area (Å²) in [5.41, 5.74) is 1.43. The SMILES string of the molecule is C[C@H](OC(=O)c1ccccc1S(C)(=O)=O)C(=O)Nc1ccc(OCc2ccccc2)cc1. The van der Waals surface area contributed by atoms with Crippen molar-refractivity contribution in [3.63, 3.8) is 0 Å². The molecule has 0 unspecified atom stereocenters. The van der Waals surface area contributed by atoms with Gasteiger partial charge in [-0.25, -0.2) is 13.2 Å². The number of hydrogen-bond acceptors (Lipinski definition) is 6. The number of sulfone groups is 1. The van der Waals surface area contributed by atoms with E-state index in [0.717, 1.165) is 11.8 Å². The fourth-order valence-corrected chi connectivity index (χ4v) is 3.73. The van der Waals surface area contributed by atoms with Crippen LogP contribution >= 0.6 is 0 Å². The van der Waals surface area contributed by atoms with E-state index in [0.29, 0.717) is 18.0 Å². The van der Waals surface area contributed by atoms with Gasteiger partial charge in [-0.2, -0.15) is 0 Å². The molecule has 8 heteroatoms. The first-order valence-electron chi connectivity index (χ1n) is 9.82. The normalized spacial score (nSPS) is 11.9. The third kappa shape index (κ3) is 6.18. The molecule has 0 spiro atoms. The van der Waals surface area contributed by atoms with E-state index >= 15 is 0 Å². The van der Waals surface area contributed by atoms with E-state index in [1.807, 2.05) is 30.3 Å². The zero-order valence-corrected chi connectivity index (χ0v) is 18.5. The molecular weight excluding hydrogens is 430 g/mol. The summed E-state index contributed by atoms with van der Waals surface area (Å²) < 4.78 is 34.6. The predicted octanol–water partition coefficient (Wildman–Crippen LogP) is 3.85. The number of nitrogens with one attached hydrogen (secondary N) is 1. The van der Waals surface area contributed by atoms with Crippen molar-refractivity contribution in [1.29, 1.82) is 0 Å². The number of amides is 1. The molecule has 0 bridgehead atoms. The molecule has 0 saturated heterocycles. The Bertz CT molecular complexity index is 1190. The van der Waals surface area contributed by atoms with Crippen LogP contribution in [0.4, 0.5) is 5.69 Å². The fraction of sp³-hybridized carbons (Fsp3) is 0.167. The lowest BCUT2D eigenvalue weighted by molar-refractivity contribution is -0.123. The third-order valence-corrected chi connectivity index (χ3v) is 5.68. The van der Waals surface area contributed by atoms with E-state index in [4.69, 9.17) is 9.47 Å². The van der Waals surface area contributed by atoms with Gasteiger partial charge in [-0.15, -0.1) is 0 Å². The minimum atomic E-state index is -3.62. The van der Waals surface area contributed by atoms with Gasteiger partial charge in [0.15, 0.2) is 15.9 Å². The van der Waals surface area contributed by atoms with Crippen molar-refractivity contribution < 1.29 is 27.5 Å². The third-order valence-electron chi connectivity index (χ3n) is 4.53. The van der Waals surface area contributed by atoms with Gasteiger partial charge in [-0.1, -0.05) is 42.5 Å². The van der Waals surface area contributed by atoms with Gasteiger partial charge in [0.25, 0.3) is 5.91 Å². The minimum absolute atomic E-state index is 0.116. The molecule has 0 fully saturated rings. The van der Waals surface area contributed by atoms with Gasteiger partial charge in [0, 0.05) is 11.9 Å². The highest BCUT2D eigenvalue weighted by molar-refractivity contribution is 7.90. The van der Waals surface area contributed by atoms with E-state index < -0.39 is 27.8 Å². The Balaban J connectivity index is 1.57. The van der Waals surface area contributed by atoms with E-state index in [9.17, 15) is 18.0 Å². The molecule has 1 amide bonds. The molecule has 7 nitrogen and oxygen atoms in total. The zero-order chi connectivity index (χ0) is 23.1. The van der Waals surface area contributed by atoms with E-state index in [2.05, 4.69) is 5.32 Å². The van der Waals surface area contributed by atoms with Crippen LogP contribution < -0.4 is 10.1 Å². The van der Waals surface area contributed by atoms with Gasteiger partial charge in [0.1, 0.15) is 12.4 Å². The first-order chi connectivity index (χ1) is 15.2. The number of carbonyl (C=O) groups is 2. The summed E-state index contributed by atoms with van der Waals surface area (Å²) in [5, 5.41) is 2.65. The van der Waals surface area contributed by atoms with Crippen molar-refractivity contribution in [1.82, 2.24) is 0 Å². The number of ether oxygens (including phenoxy) is 2. The molecule has 3 rings (SSSR count). The van der Waals surface area contributed by atoms with Crippen molar-refractivity contribution >= 4 is 27.4 Å². The molecule has 166 valence electrons. The second kappa shape index (κ2) is 10.1. The molecule has 0 radical (unpaired) electrons. The maximum Gasteiger partial charge on any atom is 0.340 e. The first-order valence-corrected chi connectivity index (χ1v) is 11.7. The van der Waals surface area contributed by atoms with Crippen molar-refractivity contribution in [2.24, 2.45) is 0 Å². The van der Waals surface area contributed by atoms with Gasteiger partial charge in [-0.3, -0.25) is 4.79 Å². The first kappa shape index (κ1) is 23.0. The van der Waals surface area contributed by atoms with Gasteiger partial charge in [0.2, 0.25) is 0 Å². The average Bonchev–Trinajstić information content (AvgIpc) is 2.78. The van der Waals surface area contributed by atoms with E-state index in [1.54, 1.807) is 24.3 Å². The van der Waals surface area contributed by atoms with Crippen molar-refractivity contribution in [3.8, 4) is 5.75 Å². The second-order valence-electron chi connectivity index (χ2n) is 7.10. The molecule has 0 aliphatic heterocycles. The van der Waals surface area contributed by atoms with E-state index in [-0.39, 0.29) is 10.5 Å². The van der Waals surface area contributed by atoms with Crippen LogP contribution in [0.5, 0.6) is 5.75 Å². The Morgan fingerprint density at radius 1 is 0.906 bits per heavy atom. The number of hydrogen-bond donors (Lipinski definition) is 1. The Kier molecular flexibility index (Phi) is 7.27. The highest BCUT2D eigenvalue weighted by Gasteiger charge is 2.23. The number of carbonyl (C=O) groups excluding carboxylic acids is 2. The maximum atomic E-state index is 12.4. The Labute approximate surface area is 186 Å². The number of esters is 1. The van der Waals surface area contributed by atoms with Crippen molar-refractivity contribution in [2.45, 2.75) is 24.5 Å². The summed E-state index contributed by atoms with van der Waals surface area (Å²) in [6, 6.07) is 22.2. The van der Waals surface area contributed by atoms with Gasteiger partial charge in [-0.05, 0) is 48.9 Å². The summed E-state index contributed by atoms with van der Waals surface area (Å²) in [6.07, 6.45) is -0.133. The Morgan fingerprint density at radius 2 is 1.53 bits per heavy atom. The number of benzene rings is 3. The van der Waals surface area contributed by atoms with Crippen LogP contribution in [0, 0.1) is 0 Å². The van der Waals surface area contributed by atoms with Gasteiger partial charge in [0.05, 0.1) is 10.5 Å². The molecule has 3 aromatic rings. The molecule has 32 heavy (non-hydrogen) atoms. The van der Waals surface area contributed by atoms with Crippen molar-refractivity contribution in [3.05, 3.63) is 90.0 Å². The summed E-state index contributed by atoms with van der Waals surface area (Å²) in [5.74, 6) is -0.796. The largest absolute Gasteiger partial charge is 0.489 e. The van der Waals surface area contributed by atoms with Crippen LogP contribution in [0.3, 0.4) is 0 Å². The number of rotatable bonds is 8. The Morgan fingerprint density at radius 3 is 2.19 bits per heavy atom. The molecule has 0 heterocycles. The summed E-state index contributed by atoms with van der Waals surface area (Å²) in [4.78, 5) is 24.7. The smallest absolute Gasteiger partial charge is 0.340 e. The fourth-order valence-electron chi connectivity index (χ4n) is 2.86. The number of anilines is 1. The Hall–Kier alpha value is -3.65. The molecule has 0 aliphatic rings. The van der Waals surface area contributed by atoms with Crippen LogP contribution in [-0.2, 0) is 26.0 Å². The highest BCUT2D eigenvalue weighted by atomic mass is 32.2. The van der Waals surface area contributed by atoms with Crippen LogP contribution in [0.25, 0.3) is 0 Å². The predicted molar refractivity (Wildman–Crippen MR) is 120 cm³/mol. The van der Waals surface area contributed by atoms with Gasteiger partial charge >= 0.3 is 5.97 Å². The molecule has 0 saturated carbocycles. The van der Waals surface area contributed by atoms with Crippen LogP contribution in [0.15, 0.2) is 83.8 Å². The lowest BCUT2D eigenvalue weighted by Crippen LogP contribution is -2.30. The molecular formula is C24H23NO6S. The molecule has 0 aliphatic carbocycles. The highest BCUT2D eigenvalue weighted by Crippen LogP contribution is 2.19. The topological polar surface area (TPSA) is 98.8 Å². The molecule has 0 aromatic heterocycles. The van der Waals surface area contributed by atoms with E-state index in [1.165, 1.54) is 31.2 Å². The molecule has 3 aromatic carbocycles. The summed E-state index contributed by atoms with van der Waals surface area (Å²) in [7, 11) is -3.62. The zero-order valence-electron chi connectivity index (χ0n) is 17.6. The second-order valence-corrected chi connectivity index (χ2v) is 9.09. The monoisotopic (exact) mass is 453 g/mol. The maximum absolute atomic E-state index is 12.4. The minimum Gasteiger partial charge on any atom is -0.489 e. The molecule has 1 atom stereocenters. The molecule has 1 N–H and O–H groups in total. The average molecular weight is 454 g/mol.